The Kier molecular flexibility index (Phi) is 23.6. The molecule has 0 aliphatic heterocycles. The summed E-state index contributed by atoms with van der Waals surface area (Å²) in [4.78, 5) is 45.0. The largest absolute Gasteiger partial charge is 0.480 e. The van der Waals surface area contributed by atoms with Crippen LogP contribution in [0.25, 0.3) is 0 Å². The van der Waals surface area contributed by atoms with E-state index < -0.39 is 12.0 Å². The number of carboxylic acids is 1. The van der Waals surface area contributed by atoms with Crippen LogP contribution in [0.2, 0.25) is 0 Å². The van der Waals surface area contributed by atoms with Crippen molar-refractivity contribution in [3.05, 3.63) is 0 Å². The Morgan fingerprint density at radius 1 is 0.667 bits per heavy atom. The van der Waals surface area contributed by atoms with E-state index in [4.69, 9.17) is 29.8 Å². The van der Waals surface area contributed by atoms with E-state index >= 15 is 0 Å². The molecule has 0 aromatic heterocycles. The summed E-state index contributed by atoms with van der Waals surface area (Å²) in [6.07, 6.45) is 2.15. The topological polar surface area (TPSA) is 188 Å². The standard InChI is InChI=1S/C22H41BrN4O9/c23-17-21(30)27-8-12-36-16-14-34-10-5-20(29)26-7-11-35-15-13-33-9-4-19(28)25-6-2-1-3-18(24)22(31)32/h18H,1-17,24H2,(H,25,28)(H,26,29)(H,27,30)(H,31,32). The van der Waals surface area contributed by atoms with Gasteiger partial charge in [-0.2, -0.15) is 0 Å². The summed E-state index contributed by atoms with van der Waals surface area (Å²) >= 11 is 3.05. The fourth-order valence-electron chi connectivity index (χ4n) is 2.56. The van der Waals surface area contributed by atoms with Gasteiger partial charge in [-0.05, 0) is 19.3 Å². The summed E-state index contributed by atoms with van der Waals surface area (Å²) < 4.78 is 21.3. The fourth-order valence-corrected chi connectivity index (χ4v) is 2.76. The lowest BCUT2D eigenvalue weighted by Crippen LogP contribution is -2.30. The minimum absolute atomic E-state index is 0.0933. The zero-order valence-electron chi connectivity index (χ0n) is 20.8. The molecular weight excluding hydrogens is 544 g/mol. The van der Waals surface area contributed by atoms with E-state index in [2.05, 4.69) is 31.9 Å². The quantitative estimate of drug-likeness (QED) is 0.0668. The number of rotatable bonds is 25. The smallest absolute Gasteiger partial charge is 0.320 e. The van der Waals surface area contributed by atoms with Gasteiger partial charge >= 0.3 is 5.97 Å². The Hall–Kier alpha value is -1.84. The molecule has 0 saturated carbocycles. The second-order valence-electron chi connectivity index (χ2n) is 7.57. The lowest BCUT2D eigenvalue weighted by atomic mass is 10.1. The molecule has 3 amide bonds. The number of amides is 3. The van der Waals surface area contributed by atoms with E-state index in [-0.39, 0.29) is 49.1 Å². The number of unbranched alkanes of at least 4 members (excludes halogenated alkanes) is 1. The van der Waals surface area contributed by atoms with Gasteiger partial charge in [0.1, 0.15) is 6.04 Å². The molecule has 0 aromatic rings. The normalized spacial score (nSPS) is 11.6. The third kappa shape index (κ3) is 23.9. The van der Waals surface area contributed by atoms with Gasteiger partial charge in [0, 0.05) is 32.5 Å². The minimum atomic E-state index is -1.02. The molecule has 14 heteroatoms. The fraction of sp³-hybridized carbons (Fsp3) is 0.818. The highest BCUT2D eigenvalue weighted by Crippen LogP contribution is 1.98. The van der Waals surface area contributed by atoms with Crippen LogP contribution in [-0.2, 0) is 38.1 Å². The highest BCUT2D eigenvalue weighted by Gasteiger charge is 2.10. The summed E-state index contributed by atoms with van der Waals surface area (Å²) in [5.74, 6) is -1.38. The second-order valence-corrected chi connectivity index (χ2v) is 8.13. The van der Waals surface area contributed by atoms with Crippen molar-refractivity contribution in [1.29, 1.82) is 0 Å². The number of halogens is 1. The van der Waals surface area contributed by atoms with Crippen molar-refractivity contribution < 1.29 is 43.2 Å². The van der Waals surface area contributed by atoms with Crippen LogP contribution >= 0.6 is 15.9 Å². The van der Waals surface area contributed by atoms with E-state index in [9.17, 15) is 19.2 Å². The molecule has 0 aromatic carbocycles. The van der Waals surface area contributed by atoms with Crippen LogP contribution in [0.5, 0.6) is 0 Å². The van der Waals surface area contributed by atoms with Crippen molar-refractivity contribution in [2.75, 3.05) is 77.8 Å². The number of carbonyl (C=O) groups excluding carboxylic acids is 3. The zero-order chi connectivity index (χ0) is 26.9. The number of carboxylic acid groups (broad SMARTS) is 1. The maximum atomic E-state index is 11.7. The van der Waals surface area contributed by atoms with Crippen LogP contribution in [0.15, 0.2) is 0 Å². The Morgan fingerprint density at radius 3 is 1.58 bits per heavy atom. The van der Waals surface area contributed by atoms with Crippen LogP contribution in [0.1, 0.15) is 32.1 Å². The molecule has 0 saturated heterocycles. The molecule has 0 radical (unpaired) electrons. The summed E-state index contributed by atoms with van der Waals surface area (Å²) in [6, 6.07) is -0.859. The number of nitrogens with one attached hydrogen (secondary N) is 3. The van der Waals surface area contributed by atoms with Gasteiger partial charge in [0.05, 0.1) is 58.2 Å². The molecular formula is C22H41BrN4O9. The van der Waals surface area contributed by atoms with Crippen molar-refractivity contribution >= 4 is 39.6 Å². The van der Waals surface area contributed by atoms with Gasteiger partial charge in [-0.25, -0.2) is 0 Å². The highest BCUT2D eigenvalue weighted by atomic mass is 79.9. The molecule has 0 rings (SSSR count). The first kappa shape index (κ1) is 34.2. The van der Waals surface area contributed by atoms with Crippen molar-refractivity contribution in [2.24, 2.45) is 5.73 Å². The molecule has 0 aliphatic carbocycles. The Morgan fingerprint density at radius 2 is 1.11 bits per heavy atom. The Labute approximate surface area is 220 Å². The van der Waals surface area contributed by atoms with Crippen LogP contribution in [-0.4, -0.2) is 113 Å². The molecule has 0 fully saturated rings. The maximum Gasteiger partial charge on any atom is 0.320 e. The van der Waals surface area contributed by atoms with Gasteiger partial charge in [-0.1, -0.05) is 15.9 Å². The van der Waals surface area contributed by atoms with Crippen LogP contribution in [0.3, 0.4) is 0 Å². The second kappa shape index (κ2) is 24.8. The van der Waals surface area contributed by atoms with Crippen molar-refractivity contribution in [3.8, 4) is 0 Å². The number of alkyl halides is 1. The summed E-state index contributed by atoms with van der Waals surface area (Å²) in [5, 5.41) is 17.1. The molecule has 13 nitrogen and oxygen atoms in total. The molecule has 1 atom stereocenters. The van der Waals surface area contributed by atoms with Crippen molar-refractivity contribution in [1.82, 2.24) is 16.0 Å². The average Bonchev–Trinajstić information content (AvgIpc) is 2.85. The lowest BCUT2D eigenvalue weighted by Gasteiger charge is -2.09. The SMILES string of the molecule is NC(CCCCNC(=O)CCOCCOCCNC(=O)CCOCCOCCNC(=O)CBr)C(=O)O. The van der Waals surface area contributed by atoms with Crippen LogP contribution < -0.4 is 21.7 Å². The van der Waals surface area contributed by atoms with Crippen LogP contribution in [0, 0.1) is 0 Å². The first-order valence-corrected chi connectivity index (χ1v) is 13.1. The Bertz CT molecular complexity index is 614. The first-order chi connectivity index (χ1) is 17.4. The van der Waals surface area contributed by atoms with Gasteiger partial charge in [0.2, 0.25) is 17.7 Å². The molecule has 210 valence electrons. The van der Waals surface area contributed by atoms with Crippen molar-refractivity contribution in [3.63, 3.8) is 0 Å². The van der Waals surface area contributed by atoms with E-state index in [0.29, 0.717) is 78.5 Å². The first-order valence-electron chi connectivity index (χ1n) is 12.0. The number of ether oxygens (including phenoxy) is 4. The number of hydrogen-bond donors (Lipinski definition) is 5. The zero-order valence-corrected chi connectivity index (χ0v) is 22.4. The van der Waals surface area contributed by atoms with Gasteiger partial charge in [0.15, 0.2) is 0 Å². The van der Waals surface area contributed by atoms with E-state index in [0.717, 1.165) is 0 Å². The molecule has 36 heavy (non-hydrogen) atoms. The third-order valence-corrected chi connectivity index (χ3v) is 5.04. The molecule has 1 unspecified atom stereocenters. The summed E-state index contributed by atoms with van der Waals surface area (Å²) in [6.45, 7) is 4.05. The number of nitrogens with two attached hydrogens (primary N) is 1. The van der Waals surface area contributed by atoms with Gasteiger partial charge < -0.3 is 45.7 Å². The molecule has 0 spiro atoms. The predicted octanol–water partition coefficient (Wildman–Crippen LogP) is -0.841. The van der Waals surface area contributed by atoms with Crippen LogP contribution in [0.4, 0.5) is 0 Å². The Balaban J connectivity index is 3.33. The van der Waals surface area contributed by atoms with Gasteiger partial charge in [0.25, 0.3) is 0 Å². The average molecular weight is 585 g/mol. The monoisotopic (exact) mass is 584 g/mol. The highest BCUT2D eigenvalue weighted by molar-refractivity contribution is 9.09. The van der Waals surface area contributed by atoms with Gasteiger partial charge in [-0.15, -0.1) is 0 Å². The van der Waals surface area contributed by atoms with Gasteiger partial charge in [-0.3, -0.25) is 19.2 Å². The lowest BCUT2D eigenvalue weighted by molar-refractivity contribution is -0.138. The molecule has 6 N–H and O–H groups in total. The maximum absolute atomic E-state index is 11.7. The van der Waals surface area contributed by atoms with E-state index in [1.807, 2.05) is 0 Å². The number of aliphatic carboxylic acids is 1. The number of carbonyl (C=O) groups is 4. The van der Waals surface area contributed by atoms with E-state index in [1.165, 1.54) is 0 Å². The molecule has 0 aliphatic rings. The van der Waals surface area contributed by atoms with E-state index in [1.54, 1.807) is 0 Å². The third-order valence-electron chi connectivity index (χ3n) is 4.53. The van der Waals surface area contributed by atoms with Crippen molar-refractivity contribution in [2.45, 2.75) is 38.1 Å². The predicted molar refractivity (Wildman–Crippen MR) is 135 cm³/mol. The summed E-state index contributed by atoms with van der Waals surface area (Å²) in [7, 11) is 0. The molecule has 0 heterocycles. The number of hydrogen-bond acceptors (Lipinski definition) is 9. The minimum Gasteiger partial charge on any atom is -0.480 e. The molecule has 0 bridgehead atoms. The summed E-state index contributed by atoms with van der Waals surface area (Å²) in [5.41, 5.74) is 5.41.